The molecular formula is C45H29N3. The Morgan fingerprint density at radius 2 is 0.708 bits per heavy atom. The smallest absolute Gasteiger partial charge is 0.164 e. The normalized spacial score (nSPS) is 11.3. The van der Waals surface area contributed by atoms with Crippen LogP contribution in [0.15, 0.2) is 176 Å². The topological polar surface area (TPSA) is 38.7 Å². The van der Waals surface area contributed by atoms with E-state index in [1.165, 1.54) is 38.2 Å². The Balaban J connectivity index is 1.15. The second-order valence-corrected chi connectivity index (χ2v) is 12.1. The summed E-state index contributed by atoms with van der Waals surface area (Å²) >= 11 is 0. The van der Waals surface area contributed by atoms with E-state index in [0.29, 0.717) is 17.5 Å². The molecule has 1 heterocycles. The molecule has 0 amide bonds. The van der Waals surface area contributed by atoms with E-state index in [4.69, 9.17) is 15.0 Å². The van der Waals surface area contributed by atoms with Crippen LogP contribution >= 0.6 is 0 Å². The van der Waals surface area contributed by atoms with Crippen LogP contribution in [-0.2, 0) is 0 Å². The fourth-order valence-corrected chi connectivity index (χ4v) is 6.56. The first-order valence-corrected chi connectivity index (χ1v) is 16.2. The lowest BCUT2D eigenvalue weighted by atomic mass is 9.97. The first-order valence-electron chi connectivity index (χ1n) is 16.2. The third-order valence-electron chi connectivity index (χ3n) is 9.09. The highest BCUT2D eigenvalue weighted by Gasteiger charge is 2.14. The van der Waals surface area contributed by atoms with Crippen molar-refractivity contribution >= 4 is 32.3 Å². The molecule has 0 bridgehead atoms. The third kappa shape index (κ3) is 5.18. The lowest BCUT2D eigenvalue weighted by molar-refractivity contribution is 1.08. The van der Waals surface area contributed by atoms with Gasteiger partial charge >= 0.3 is 0 Å². The highest BCUT2D eigenvalue weighted by atomic mass is 15.0. The number of hydrogen-bond acceptors (Lipinski definition) is 3. The molecule has 0 atom stereocenters. The predicted molar refractivity (Wildman–Crippen MR) is 200 cm³/mol. The molecule has 0 saturated heterocycles. The molecule has 0 saturated carbocycles. The molecule has 0 aliphatic carbocycles. The molecular weight excluding hydrogens is 583 g/mol. The lowest BCUT2D eigenvalue weighted by Gasteiger charge is -2.11. The van der Waals surface area contributed by atoms with Crippen LogP contribution in [0.5, 0.6) is 0 Å². The zero-order valence-corrected chi connectivity index (χ0v) is 26.1. The molecule has 0 aliphatic rings. The molecule has 0 unspecified atom stereocenters. The zero-order valence-electron chi connectivity index (χ0n) is 26.1. The van der Waals surface area contributed by atoms with Crippen LogP contribution in [0.3, 0.4) is 0 Å². The number of hydrogen-bond donors (Lipinski definition) is 0. The van der Waals surface area contributed by atoms with Gasteiger partial charge in [-0.05, 0) is 72.8 Å². The minimum atomic E-state index is 0.646. The van der Waals surface area contributed by atoms with Crippen LogP contribution in [0.25, 0.3) is 88.7 Å². The number of fused-ring (bicyclic) bond motifs is 3. The quantitative estimate of drug-likeness (QED) is 0.194. The first-order chi connectivity index (χ1) is 23.7. The number of nitrogens with zero attached hydrogens (tertiary/aromatic N) is 3. The van der Waals surface area contributed by atoms with Crippen molar-refractivity contribution in [1.29, 1.82) is 0 Å². The maximum atomic E-state index is 5.06. The molecule has 3 nitrogen and oxygen atoms in total. The van der Waals surface area contributed by atoms with Crippen LogP contribution < -0.4 is 0 Å². The average molecular weight is 612 g/mol. The standard InChI is InChI=1S/C45H29N3/c1-2-9-30(10-3-1)36-22-23-38-29-40(26-24-37(38)27-36)45-47-43(46-44(48-45)39-25-17-31-11-4-5-13-35(31)28-39)34-20-18-33(19-21-34)42-16-8-14-32-12-6-7-15-41(32)42/h1-29H. The van der Waals surface area contributed by atoms with Gasteiger partial charge < -0.3 is 0 Å². The zero-order chi connectivity index (χ0) is 31.9. The Morgan fingerprint density at radius 1 is 0.250 bits per heavy atom. The van der Waals surface area contributed by atoms with Crippen molar-refractivity contribution in [3.8, 4) is 56.4 Å². The van der Waals surface area contributed by atoms with Crippen molar-refractivity contribution in [3.63, 3.8) is 0 Å². The average Bonchev–Trinajstić information content (AvgIpc) is 3.17. The fourth-order valence-electron chi connectivity index (χ4n) is 6.56. The molecule has 3 heteroatoms. The van der Waals surface area contributed by atoms with Crippen molar-refractivity contribution < 1.29 is 0 Å². The van der Waals surface area contributed by atoms with Gasteiger partial charge in [-0.1, -0.05) is 158 Å². The summed E-state index contributed by atoms with van der Waals surface area (Å²) in [5, 5.41) is 7.12. The van der Waals surface area contributed by atoms with Gasteiger partial charge in [0.2, 0.25) is 0 Å². The molecule has 0 N–H and O–H groups in total. The molecule has 0 aliphatic heterocycles. The Bertz CT molecular complexity index is 2600. The molecule has 48 heavy (non-hydrogen) atoms. The lowest BCUT2D eigenvalue weighted by Crippen LogP contribution is -2.00. The maximum absolute atomic E-state index is 5.06. The van der Waals surface area contributed by atoms with Gasteiger partial charge in [-0.25, -0.2) is 15.0 Å². The number of rotatable bonds is 5. The van der Waals surface area contributed by atoms with Crippen LogP contribution in [-0.4, -0.2) is 15.0 Å². The van der Waals surface area contributed by atoms with E-state index >= 15 is 0 Å². The Labute approximate surface area is 278 Å². The second kappa shape index (κ2) is 11.7. The van der Waals surface area contributed by atoms with Gasteiger partial charge in [0.05, 0.1) is 0 Å². The Hall–Kier alpha value is -6.45. The van der Waals surface area contributed by atoms with Crippen molar-refractivity contribution in [2.24, 2.45) is 0 Å². The molecule has 224 valence electrons. The summed E-state index contributed by atoms with van der Waals surface area (Å²) in [4.78, 5) is 15.2. The molecule has 8 aromatic carbocycles. The SMILES string of the molecule is c1ccc(-c2ccc3cc(-c4nc(-c5ccc(-c6cccc7ccccc67)cc5)nc(-c5ccc6ccccc6c5)n4)ccc3c2)cc1. The Kier molecular flexibility index (Phi) is 6.80. The highest BCUT2D eigenvalue weighted by molar-refractivity contribution is 5.97. The third-order valence-corrected chi connectivity index (χ3v) is 9.09. The minimum absolute atomic E-state index is 0.646. The van der Waals surface area contributed by atoms with E-state index in [9.17, 15) is 0 Å². The summed E-state index contributed by atoms with van der Waals surface area (Å²) in [6.45, 7) is 0. The van der Waals surface area contributed by atoms with Gasteiger partial charge in [-0.15, -0.1) is 0 Å². The van der Waals surface area contributed by atoms with E-state index in [-0.39, 0.29) is 0 Å². The van der Waals surface area contributed by atoms with Crippen LogP contribution in [0.2, 0.25) is 0 Å². The fraction of sp³-hybridized carbons (Fsp3) is 0. The summed E-state index contributed by atoms with van der Waals surface area (Å²) in [7, 11) is 0. The highest BCUT2D eigenvalue weighted by Crippen LogP contribution is 2.33. The number of benzene rings is 8. The van der Waals surface area contributed by atoms with E-state index in [0.717, 1.165) is 33.0 Å². The van der Waals surface area contributed by atoms with E-state index in [2.05, 4.69) is 170 Å². The summed E-state index contributed by atoms with van der Waals surface area (Å²) in [6.07, 6.45) is 0. The van der Waals surface area contributed by atoms with Crippen LogP contribution in [0.4, 0.5) is 0 Å². The van der Waals surface area contributed by atoms with Gasteiger partial charge in [0.15, 0.2) is 17.5 Å². The summed E-state index contributed by atoms with van der Waals surface area (Å²) in [5.74, 6) is 1.95. The molecule has 9 rings (SSSR count). The molecule has 0 radical (unpaired) electrons. The van der Waals surface area contributed by atoms with E-state index in [1.54, 1.807) is 0 Å². The first kappa shape index (κ1) is 27.8. The molecule has 9 aromatic rings. The second-order valence-electron chi connectivity index (χ2n) is 12.1. The van der Waals surface area contributed by atoms with Gasteiger partial charge in [-0.2, -0.15) is 0 Å². The summed E-state index contributed by atoms with van der Waals surface area (Å²) in [5.41, 5.74) is 7.62. The summed E-state index contributed by atoms with van der Waals surface area (Å²) in [6, 6.07) is 61.8. The van der Waals surface area contributed by atoms with Crippen molar-refractivity contribution in [3.05, 3.63) is 176 Å². The molecule has 0 spiro atoms. The predicted octanol–water partition coefficient (Wildman–Crippen LogP) is 11.7. The minimum Gasteiger partial charge on any atom is -0.208 e. The van der Waals surface area contributed by atoms with Gasteiger partial charge in [0, 0.05) is 16.7 Å². The molecule has 0 fully saturated rings. The number of aromatic nitrogens is 3. The van der Waals surface area contributed by atoms with Crippen molar-refractivity contribution in [1.82, 2.24) is 15.0 Å². The monoisotopic (exact) mass is 611 g/mol. The van der Waals surface area contributed by atoms with Crippen LogP contribution in [0, 0.1) is 0 Å². The molecule has 1 aromatic heterocycles. The van der Waals surface area contributed by atoms with Crippen LogP contribution in [0.1, 0.15) is 0 Å². The van der Waals surface area contributed by atoms with E-state index < -0.39 is 0 Å². The van der Waals surface area contributed by atoms with Crippen molar-refractivity contribution in [2.75, 3.05) is 0 Å². The van der Waals surface area contributed by atoms with Gasteiger partial charge in [-0.3, -0.25) is 0 Å². The Morgan fingerprint density at radius 3 is 1.42 bits per heavy atom. The van der Waals surface area contributed by atoms with E-state index in [1.807, 2.05) is 6.07 Å². The summed E-state index contributed by atoms with van der Waals surface area (Å²) < 4.78 is 0. The van der Waals surface area contributed by atoms with Gasteiger partial charge in [0.25, 0.3) is 0 Å². The maximum Gasteiger partial charge on any atom is 0.164 e. The van der Waals surface area contributed by atoms with Crippen molar-refractivity contribution in [2.45, 2.75) is 0 Å². The van der Waals surface area contributed by atoms with Gasteiger partial charge in [0.1, 0.15) is 0 Å². The largest absolute Gasteiger partial charge is 0.208 e.